The molecule has 1 unspecified atom stereocenters. The first-order chi connectivity index (χ1) is 6.97. The summed E-state index contributed by atoms with van der Waals surface area (Å²) >= 11 is 8.37. The maximum atomic E-state index is 11.1. The molecule has 8 heteroatoms. The third kappa shape index (κ3) is 6.86. The lowest BCUT2D eigenvalue weighted by atomic mass is 10.2. The molecule has 0 aromatic rings. The Labute approximate surface area is 98.1 Å². The van der Waals surface area contributed by atoms with Crippen LogP contribution in [0.2, 0.25) is 0 Å². The van der Waals surface area contributed by atoms with Gasteiger partial charge in [0.25, 0.3) is 5.91 Å². The minimum absolute atomic E-state index is 0.0450. The van der Waals surface area contributed by atoms with E-state index in [9.17, 15) is 9.59 Å². The van der Waals surface area contributed by atoms with Crippen LogP contribution in [0.4, 0.5) is 0 Å². The second-order valence-electron chi connectivity index (χ2n) is 2.59. The molecular weight excluding hydrogens is 236 g/mol. The molecule has 0 rings (SSSR count). The van der Waals surface area contributed by atoms with E-state index in [2.05, 4.69) is 40.7 Å². The Morgan fingerprint density at radius 1 is 1.67 bits per heavy atom. The summed E-state index contributed by atoms with van der Waals surface area (Å²) in [6.07, 6.45) is 0.943. The number of Topliss-reactive ketones (excluding diaryl/α,β-unsaturated/α-hetero) is 1. The molecule has 0 aromatic carbocycles. The molecule has 0 spiro atoms. The molecule has 15 heavy (non-hydrogen) atoms. The number of carbonyl (C=O) groups is 2. The van der Waals surface area contributed by atoms with Gasteiger partial charge in [0.2, 0.25) is 0 Å². The zero-order valence-electron chi connectivity index (χ0n) is 8.06. The minimum Gasteiger partial charge on any atom is -0.375 e. The van der Waals surface area contributed by atoms with Crippen molar-refractivity contribution in [3.63, 3.8) is 0 Å². The van der Waals surface area contributed by atoms with E-state index in [4.69, 9.17) is 5.73 Å². The fourth-order valence-electron chi connectivity index (χ4n) is 0.639. The van der Waals surface area contributed by atoms with Crippen molar-refractivity contribution in [2.75, 3.05) is 5.75 Å². The van der Waals surface area contributed by atoms with Crippen LogP contribution >= 0.6 is 24.8 Å². The molecule has 84 valence electrons. The Morgan fingerprint density at radius 2 is 2.27 bits per heavy atom. The summed E-state index contributed by atoms with van der Waals surface area (Å²) in [4.78, 5) is 22.1. The highest BCUT2D eigenvalue weighted by Crippen LogP contribution is 1.88. The second kappa shape index (κ2) is 7.18. The SMILES string of the molecule is CC(=O)C(CS)NC(=O)C=NNC(N)=S. The van der Waals surface area contributed by atoms with Crippen molar-refractivity contribution in [2.24, 2.45) is 10.8 Å². The summed E-state index contributed by atoms with van der Waals surface area (Å²) in [5.41, 5.74) is 7.27. The van der Waals surface area contributed by atoms with E-state index < -0.39 is 11.9 Å². The molecule has 1 amide bonds. The second-order valence-corrected chi connectivity index (χ2v) is 3.39. The number of hydrogen-bond acceptors (Lipinski definition) is 5. The summed E-state index contributed by atoms with van der Waals surface area (Å²) in [6.45, 7) is 1.37. The number of rotatable bonds is 5. The van der Waals surface area contributed by atoms with Crippen LogP contribution in [0.1, 0.15) is 6.92 Å². The Kier molecular flexibility index (Phi) is 6.63. The molecule has 0 saturated heterocycles. The van der Waals surface area contributed by atoms with Gasteiger partial charge in [-0.05, 0) is 19.1 Å². The van der Waals surface area contributed by atoms with Crippen molar-refractivity contribution in [3.8, 4) is 0 Å². The first-order valence-corrected chi connectivity index (χ1v) is 5.01. The number of nitrogens with one attached hydrogen (secondary N) is 2. The van der Waals surface area contributed by atoms with Crippen molar-refractivity contribution in [3.05, 3.63) is 0 Å². The van der Waals surface area contributed by atoms with Gasteiger partial charge >= 0.3 is 0 Å². The van der Waals surface area contributed by atoms with E-state index in [1.165, 1.54) is 6.92 Å². The highest BCUT2D eigenvalue weighted by atomic mass is 32.1. The van der Waals surface area contributed by atoms with E-state index in [0.717, 1.165) is 6.21 Å². The Balaban J connectivity index is 4.07. The van der Waals surface area contributed by atoms with Crippen LogP contribution < -0.4 is 16.5 Å². The maximum Gasteiger partial charge on any atom is 0.264 e. The maximum absolute atomic E-state index is 11.1. The lowest BCUT2D eigenvalue weighted by molar-refractivity contribution is -0.122. The van der Waals surface area contributed by atoms with Crippen LogP contribution in [0.5, 0.6) is 0 Å². The third-order valence-corrected chi connectivity index (χ3v) is 1.80. The van der Waals surface area contributed by atoms with E-state index in [1.807, 2.05) is 0 Å². The van der Waals surface area contributed by atoms with Crippen LogP contribution in [0.25, 0.3) is 0 Å². The van der Waals surface area contributed by atoms with Crippen LogP contribution in [0.15, 0.2) is 5.10 Å². The van der Waals surface area contributed by atoms with Gasteiger partial charge in [0.1, 0.15) is 6.21 Å². The highest BCUT2D eigenvalue weighted by molar-refractivity contribution is 7.80. The molecule has 0 heterocycles. The van der Waals surface area contributed by atoms with Crippen molar-refractivity contribution in [1.29, 1.82) is 0 Å². The largest absolute Gasteiger partial charge is 0.375 e. The zero-order valence-corrected chi connectivity index (χ0v) is 9.77. The van der Waals surface area contributed by atoms with Crippen LogP contribution in [-0.4, -0.2) is 34.8 Å². The van der Waals surface area contributed by atoms with Crippen molar-refractivity contribution < 1.29 is 9.59 Å². The van der Waals surface area contributed by atoms with Gasteiger partial charge in [-0.15, -0.1) is 0 Å². The molecule has 0 aromatic heterocycles. The van der Waals surface area contributed by atoms with E-state index in [1.54, 1.807) is 0 Å². The third-order valence-electron chi connectivity index (χ3n) is 1.35. The molecule has 0 fully saturated rings. The normalized spacial score (nSPS) is 12.1. The molecule has 0 aliphatic heterocycles. The van der Waals surface area contributed by atoms with E-state index in [0.29, 0.717) is 0 Å². The summed E-state index contributed by atoms with van der Waals surface area (Å²) in [5.74, 6) is -0.459. The summed E-state index contributed by atoms with van der Waals surface area (Å²) in [6, 6.07) is -0.614. The monoisotopic (exact) mass is 248 g/mol. The Morgan fingerprint density at radius 3 is 2.67 bits per heavy atom. The molecule has 0 bridgehead atoms. The van der Waals surface area contributed by atoms with Gasteiger partial charge in [0.05, 0.1) is 6.04 Å². The van der Waals surface area contributed by atoms with Gasteiger partial charge < -0.3 is 11.1 Å². The average Bonchev–Trinajstić information content (AvgIpc) is 2.13. The first-order valence-electron chi connectivity index (χ1n) is 3.97. The topological polar surface area (TPSA) is 96.6 Å². The first kappa shape index (κ1) is 13.8. The van der Waals surface area contributed by atoms with Crippen molar-refractivity contribution >= 4 is 47.9 Å². The lowest BCUT2D eigenvalue weighted by Crippen LogP contribution is -2.42. The predicted octanol–water partition coefficient (Wildman–Crippen LogP) is -1.19. The van der Waals surface area contributed by atoms with Gasteiger partial charge in [-0.25, -0.2) is 0 Å². The number of hydrogen-bond donors (Lipinski definition) is 4. The smallest absolute Gasteiger partial charge is 0.264 e. The van der Waals surface area contributed by atoms with Gasteiger partial charge in [-0.3, -0.25) is 15.0 Å². The van der Waals surface area contributed by atoms with Gasteiger partial charge in [0.15, 0.2) is 10.9 Å². The molecule has 0 aliphatic carbocycles. The van der Waals surface area contributed by atoms with Crippen LogP contribution in [0.3, 0.4) is 0 Å². The fraction of sp³-hybridized carbons (Fsp3) is 0.429. The lowest BCUT2D eigenvalue weighted by Gasteiger charge is -2.10. The molecule has 0 saturated carbocycles. The molecule has 6 nitrogen and oxygen atoms in total. The number of hydrazone groups is 1. The molecule has 0 aliphatic rings. The van der Waals surface area contributed by atoms with Crippen LogP contribution in [-0.2, 0) is 9.59 Å². The minimum atomic E-state index is -0.614. The van der Waals surface area contributed by atoms with Gasteiger partial charge in [-0.1, -0.05) is 0 Å². The molecular formula is C7H12N4O2S2. The number of thiocarbonyl (C=S) groups is 1. The van der Waals surface area contributed by atoms with Crippen LogP contribution in [0, 0.1) is 0 Å². The quantitative estimate of drug-likeness (QED) is 0.212. The highest BCUT2D eigenvalue weighted by Gasteiger charge is 2.13. The van der Waals surface area contributed by atoms with E-state index >= 15 is 0 Å². The number of nitrogens with two attached hydrogens (primary N) is 1. The summed E-state index contributed by atoms with van der Waals surface area (Å²) in [5, 5.41) is 5.78. The number of carbonyl (C=O) groups excluding carboxylic acids is 2. The van der Waals surface area contributed by atoms with Crippen molar-refractivity contribution in [1.82, 2.24) is 10.7 Å². The number of amides is 1. The predicted molar refractivity (Wildman–Crippen MR) is 64.9 cm³/mol. The zero-order chi connectivity index (χ0) is 11.8. The number of ketones is 1. The summed E-state index contributed by atoms with van der Waals surface area (Å²) < 4.78 is 0. The number of nitrogens with zero attached hydrogens (tertiary/aromatic N) is 1. The fourth-order valence-corrected chi connectivity index (χ4v) is 1.04. The molecule has 1 atom stereocenters. The molecule has 0 radical (unpaired) electrons. The van der Waals surface area contributed by atoms with E-state index in [-0.39, 0.29) is 16.6 Å². The van der Waals surface area contributed by atoms with Gasteiger partial charge in [0, 0.05) is 5.75 Å². The average molecular weight is 248 g/mol. The Hall–Kier alpha value is -1.15. The summed E-state index contributed by atoms with van der Waals surface area (Å²) in [7, 11) is 0. The Bertz CT molecular complexity index is 293. The molecule has 4 N–H and O–H groups in total. The van der Waals surface area contributed by atoms with Crippen molar-refractivity contribution in [2.45, 2.75) is 13.0 Å². The number of thiol groups is 1. The standard InChI is InChI=1S/C7H12N4O2S2/c1-4(12)5(3-14)10-6(13)2-9-11-7(8)15/h2,5,14H,3H2,1H3,(H,10,13)(H3,8,11,15). The van der Waals surface area contributed by atoms with Gasteiger partial charge in [-0.2, -0.15) is 17.7 Å².